The predicted octanol–water partition coefficient (Wildman–Crippen LogP) is 4.89. The number of hydrogen-bond donors (Lipinski definition) is 2. The summed E-state index contributed by atoms with van der Waals surface area (Å²) in [7, 11) is 1.65. The Morgan fingerprint density at radius 1 is 1.14 bits per heavy atom. The molecule has 0 spiro atoms. The summed E-state index contributed by atoms with van der Waals surface area (Å²) in [5.74, 6) is -1.22. The van der Waals surface area contributed by atoms with Crippen molar-refractivity contribution in [1.29, 1.82) is 0 Å². The van der Waals surface area contributed by atoms with Crippen LogP contribution in [0, 0.1) is 11.6 Å². The number of nitrogens with one attached hydrogen (secondary N) is 2. The van der Waals surface area contributed by atoms with E-state index >= 15 is 4.39 Å². The fraction of sp³-hybridized carbons (Fsp3) is 0.381. The molecule has 154 valence electrons. The molecule has 2 aromatic rings. The van der Waals surface area contributed by atoms with E-state index in [4.69, 9.17) is 23.2 Å². The van der Waals surface area contributed by atoms with E-state index in [1.807, 2.05) is 0 Å². The van der Waals surface area contributed by atoms with Crippen molar-refractivity contribution < 1.29 is 13.6 Å². The molecule has 2 N–H and O–H groups in total. The van der Waals surface area contributed by atoms with Gasteiger partial charge in [-0.05, 0) is 51.1 Å². The minimum Gasteiger partial charge on any atom is -0.374 e. The molecule has 8 heteroatoms. The van der Waals surface area contributed by atoms with Crippen LogP contribution in [0.1, 0.15) is 41.8 Å². The van der Waals surface area contributed by atoms with Crippen LogP contribution in [-0.2, 0) is 11.1 Å². The number of rotatable bonds is 3. The van der Waals surface area contributed by atoms with Gasteiger partial charge in [0.05, 0.1) is 26.7 Å². The molecule has 2 aliphatic heterocycles. The Labute approximate surface area is 178 Å². The van der Waals surface area contributed by atoms with Crippen molar-refractivity contribution in [3.05, 3.63) is 62.6 Å². The molecule has 4 rings (SSSR count). The topological polar surface area (TPSA) is 44.4 Å². The molecule has 0 unspecified atom stereocenters. The number of benzene rings is 2. The zero-order valence-corrected chi connectivity index (χ0v) is 17.8. The first kappa shape index (κ1) is 20.4. The molecule has 0 aromatic heterocycles. The van der Waals surface area contributed by atoms with Gasteiger partial charge in [-0.3, -0.25) is 4.79 Å². The summed E-state index contributed by atoms with van der Waals surface area (Å²) in [6.45, 7) is 4.60. The Kier molecular flexibility index (Phi) is 4.80. The largest absolute Gasteiger partial charge is 0.374 e. The maximum atomic E-state index is 15.1. The van der Waals surface area contributed by atoms with E-state index in [0.717, 1.165) is 0 Å². The number of anilines is 1. The highest BCUT2D eigenvalue weighted by atomic mass is 35.5. The van der Waals surface area contributed by atoms with Crippen LogP contribution in [0.3, 0.4) is 0 Å². The standard InChI is InChI=1S/C21H21Cl2F2N3O/c1-20(2)16-12(19(29)28(20)3)8-11(9-15(16)25)27-21(6-7-26-10-21)17-14(24)5-4-13(22)18(17)23/h4-5,8-9,26-27H,6-7,10H2,1-3H3/t21-/m1/s1. The molecule has 0 aliphatic carbocycles. The molecule has 2 aromatic carbocycles. The number of hydrogen-bond acceptors (Lipinski definition) is 3. The zero-order chi connectivity index (χ0) is 21.1. The fourth-order valence-corrected chi connectivity index (χ4v) is 4.88. The second kappa shape index (κ2) is 6.83. The summed E-state index contributed by atoms with van der Waals surface area (Å²) in [5.41, 5.74) is -0.374. The van der Waals surface area contributed by atoms with E-state index in [-0.39, 0.29) is 21.5 Å². The highest BCUT2D eigenvalue weighted by molar-refractivity contribution is 6.42. The Morgan fingerprint density at radius 3 is 2.52 bits per heavy atom. The van der Waals surface area contributed by atoms with Crippen molar-refractivity contribution in [2.75, 3.05) is 25.5 Å². The van der Waals surface area contributed by atoms with Crippen LogP contribution < -0.4 is 10.6 Å². The normalized spacial score (nSPS) is 22.9. The first-order valence-corrected chi connectivity index (χ1v) is 10.1. The molecular weight excluding hydrogens is 419 g/mol. The quantitative estimate of drug-likeness (QED) is 0.668. The highest BCUT2D eigenvalue weighted by Crippen LogP contribution is 2.44. The summed E-state index contributed by atoms with van der Waals surface area (Å²) in [6, 6.07) is 5.66. The Balaban J connectivity index is 1.82. The third kappa shape index (κ3) is 3.00. The molecule has 2 aliphatic rings. The summed E-state index contributed by atoms with van der Waals surface area (Å²) in [4.78, 5) is 14.2. The van der Waals surface area contributed by atoms with Gasteiger partial charge in [-0.2, -0.15) is 0 Å². The Bertz CT molecular complexity index is 1020. The average molecular weight is 440 g/mol. The minimum absolute atomic E-state index is 0.126. The van der Waals surface area contributed by atoms with E-state index in [1.54, 1.807) is 27.0 Å². The van der Waals surface area contributed by atoms with Crippen molar-refractivity contribution in [1.82, 2.24) is 10.2 Å². The van der Waals surface area contributed by atoms with Crippen molar-refractivity contribution in [3.63, 3.8) is 0 Å². The van der Waals surface area contributed by atoms with E-state index < -0.39 is 22.7 Å². The molecule has 0 saturated carbocycles. The predicted molar refractivity (Wildman–Crippen MR) is 111 cm³/mol. The molecule has 2 heterocycles. The average Bonchev–Trinajstić information content (AvgIpc) is 3.17. The van der Waals surface area contributed by atoms with Gasteiger partial charge >= 0.3 is 0 Å². The summed E-state index contributed by atoms with van der Waals surface area (Å²) in [5, 5.41) is 6.83. The molecule has 0 bridgehead atoms. The van der Waals surface area contributed by atoms with Crippen LogP contribution >= 0.6 is 23.2 Å². The molecule has 0 radical (unpaired) electrons. The molecule has 4 nitrogen and oxygen atoms in total. The van der Waals surface area contributed by atoms with Gasteiger partial charge in [0.15, 0.2) is 0 Å². The number of carbonyl (C=O) groups excluding carboxylic acids is 1. The van der Waals surface area contributed by atoms with Gasteiger partial charge in [0.2, 0.25) is 0 Å². The van der Waals surface area contributed by atoms with Gasteiger partial charge in [-0.1, -0.05) is 23.2 Å². The van der Waals surface area contributed by atoms with Crippen LogP contribution in [0.4, 0.5) is 14.5 Å². The molecular formula is C21H21Cl2F2N3O. The van der Waals surface area contributed by atoms with Crippen LogP contribution in [0.25, 0.3) is 0 Å². The van der Waals surface area contributed by atoms with Crippen LogP contribution in [0.2, 0.25) is 10.0 Å². The number of amides is 1. The number of fused-ring (bicyclic) bond motifs is 1. The van der Waals surface area contributed by atoms with Crippen molar-refractivity contribution in [3.8, 4) is 0 Å². The Morgan fingerprint density at radius 2 is 1.86 bits per heavy atom. The molecule has 1 saturated heterocycles. The van der Waals surface area contributed by atoms with Gasteiger partial charge < -0.3 is 15.5 Å². The molecule has 1 fully saturated rings. The highest BCUT2D eigenvalue weighted by Gasteiger charge is 2.44. The maximum absolute atomic E-state index is 15.1. The van der Waals surface area contributed by atoms with Crippen LogP contribution in [0.15, 0.2) is 24.3 Å². The molecule has 1 amide bonds. The lowest BCUT2D eigenvalue weighted by molar-refractivity contribution is 0.0689. The van der Waals surface area contributed by atoms with E-state index in [0.29, 0.717) is 36.3 Å². The second-order valence-corrected chi connectivity index (χ2v) is 8.94. The van der Waals surface area contributed by atoms with Gasteiger partial charge in [0, 0.05) is 30.4 Å². The van der Waals surface area contributed by atoms with Crippen molar-refractivity contribution >= 4 is 34.8 Å². The smallest absolute Gasteiger partial charge is 0.254 e. The number of halogens is 4. The van der Waals surface area contributed by atoms with Crippen molar-refractivity contribution in [2.24, 2.45) is 0 Å². The van der Waals surface area contributed by atoms with E-state index in [1.165, 1.54) is 23.1 Å². The third-order valence-electron chi connectivity index (χ3n) is 6.14. The third-order valence-corrected chi connectivity index (χ3v) is 6.94. The van der Waals surface area contributed by atoms with Crippen LogP contribution in [0.5, 0.6) is 0 Å². The van der Waals surface area contributed by atoms with Gasteiger partial charge in [0.25, 0.3) is 5.91 Å². The van der Waals surface area contributed by atoms with E-state index in [9.17, 15) is 9.18 Å². The Hall–Kier alpha value is -1.89. The van der Waals surface area contributed by atoms with Gasteiger partial charge in [-0.15, -0.1) is 0 Å². The van der Waals surface area contributed by atoms with Gasteiger partial charge in [-0.25, -0.2) is 8.78 Å². The number of carbonyl (C=O) groups is 1. The fourth-order valence-electron chi connectivity index (χ4n) is 4.39. The molecule has 29 heavy (non-hydrogen) atoms. The minimum atomic E-state index is -0.921. The lowest BCUT2D eigenvalue weighted by Crippen LogP contribution is -2.39. The second-order valence-electron chi connectivity index (χ2n) is 8.16. The van der Waals surface area contributed by atoms with E-state index in [2.05, 4.69) is 10.6 Å². The first-order chi connectivity index (χ1) is 13.6. The zero-order valence-electron chi connectivity index (χ0n) is 16.3. The molecule has 1 atom stereocenters. The number of nitrogens with zero attached hydrogens (tertiary/aromatic N) is 1. The van der Waals surface area contributed by atoms with Gasteiger partial charge in [0.1, 0.15) is 11.6 Å². The summed E-state index contributed by atoms with van der Waals surface area (Å²) in [6.07, 6.45) is 0.516. The summed E-state index contributed by atoms with van der Waals surface area (Å²) < 4.78 is 29.9. The summed E-state index contributed by atoms with van der Waals surface area (Å²) >= 11 is 12.5. The first-order valence-electron chi connectivity index (χ1n) is 9.33. The lowest BCUT2D eigenvalue weighted by atomic mass is 9.87. The SMILES string of the molecule is CN1C(=O)c2cc(N[C@]3(c4c(F)ccc(Cl)c4Cl)CCNC3)cc(F)c2C1(C)C. The lowest BCUT2D eigenvalue weighted by Gasteiger charge is -2.33. The monoisotopic (exact) mass is 439 g/mol. The maximum Gasteiger partial charge on any atom is 0.254 e. The van der Waals surface area contributed by atoms with Crippen LogP contribution in [-0.4, -0.2) is 30.9 Å². The van der Waals surface area contributed by atoms with Crippen molar-refractivity contribution in [2.45, 2.75) is 31.3 Å².